The number of allylic oxidation sites excluding steroid dienone is 1. The number of nitrogens with one attached hydrogen (secondary N) is 1. The Morgan fingerprint density at radius 1 is 1.28 bits per heavy atom. The van der Waals surface area contributed by atoms with Gasteiger partial charge in [-0.3, -0.25) is 9.59 Å². The summed E-state index contributed by atoms with van der Waals surface area (Å²) >= 11 is 0. The summed E-state index contributed by atoms with van der Waals surface area (Å²) in [5, 5.41) is 17.2. The second-order valence-electron chi connectivity index (χ2n) is 5.32. The van der Waals surface area contributed by atoms with Crippen molar-refractivity contribution >= 4 is 17.1 Å². The SMILES string of the molecule is CCCCOc1c(C(=C=[N-])C#N)c(=O)c1=O.CN(C)c1cc[nH+]cc1. The van der Waals surface area contributed by atoms with Gasteiger partial charge in [-0.1, -0.05) is 13.3 Å². The molecule has 2 rings (SSSR count). The molecule has 7 nitrogen and oxygen atoms in total. The van der Waals surface area contributed by atoms with E-state index in [0.29, 0.717) is 6.61 Å². The lowest BCUT2D eigenvalue weighted by atomic mass is 10.0. The van der Waals surface area contributed by atoms with Gasteiger partial charge in [0.05, 0.1) is 17.7 Å². The van der Waals surface area contributed by atoms with E-state index in [0.717, 1.165) is 12.8 Å². The van der Waals surface area contributed by atoms with Crippen LogP contribution in [0.5, 0.6) is 5.75 Å². The lowest BCUT2D eigenvalue weighted by Gasteiger charge is -2.10. The van der Waals surface area contributed by atoms with Gasteiger partial charge < -0.3 is 15.0 Å². The number of rotatable bonds is 6. The Labute approximate surface area is 146 Å². The fourth-order valence-corrected chi connectivity index (χ4v) is 1.87. The van der Waals surface area contributed by atoms with Crippen molar-refractivity contribution in [3.8, 4) is 11.8 Å². The average molecular weight is 340 g/mol. The molecule has 1 N–H and O–H groups in total. The first-order chi connectivity index (χ1) is 12.0. The van der Waals surface area contributed by atoms with Gasteiger partial charge in [0.15, 0.2) is 18.1 Å². The number of pyridine rings is 1. The van der Waals surface area contributed by atoms with E-state index in [9.17, 15) is 9.59 Å². The third-order valence-electron chi connectivity index (χ3n) is 3.30. The molecule has 1 aromatic heterocycles. The minimum Gasteiger partial charge on any atom is -0.762 e. The minimum atomic E-state index is -0.815. The fourth-order valence-electron chi connectivity index (χ4n) is 1.87. The molecule has 2 aromatic rings. The number of unbranched alkanes of at least 4 members (excludes halogenated alkanes) is 1. The van der Waals surface area contributed by atoms with E-state index in [1.54, 1.807) is 11.9 Å². The van der Waals surface area contributed by atoms with E-state index in [1.165, 1.54) is 5.69 Å². The summed E-state index contributed by atoms with van der Waals surface area (Å²) in [5.41, 5.74) is -0.894. The molecule has 0 saturated carbocycles. The Kier molecular flexibility index (Phi) is 7.77. The van der Waals surface area contributed by atoms with E-state index in [-0.39, 0.29) is 16.9 Å². The number of ether oxygens (including phenoxy) is 1. The summed E-state index contributed by atoms with van der Waals surface area (Å²) in [6.45, 7) is 2.26. The standard InChI is InChI=1S/C11H9N2O3.C7H10N2/c1-2-3-4-16-11-8(7(5-12)6-13)9(14)10(11)15;1-9(2)7-3-5-8-6-4-7/h2-4H2,1H3;3-6H,1-2H3/q-1;/p+1. The van der Waals surface area contributed by atoms with Crippen LogP contribution in [0.15, 0.2) is 34.1 Å². The minimum absolute atomic E-state index is 0.142. The average Bonchev–Trinajstić information content (AvgIpc) is 2.65. The number of H-pyrrole nitrogens is 1. The zero-order chi connectivity index (χ0) is 18.8. The van der Waals surface area contributed by atoms with Gasteiger partial charge in [-0.2, -0.15) is 5.26 Å². The van der Waals surface area contributed by atoms with Crippen molar-refractivity contribution < 1.29 is 9.72 Å². The number of aromatic amines is 1. The molecule has 0 unspecified atom stereocenters. The Hall–Kier alpha value is -3.23. The number of anilines is 1. The molecule has 0 aliphatic rings. The highest BCUT2D eigenvalue weighted by atomic mass is 16.5. The van der Waals surface area contributed by atoms with E-state index in [4.69, 9.17) is 15.4 Å². The lowest BCUT2D eigenvalue weighted by Crippen LogP contribution is -2.36. The summed E-state index contributed by atoms with van der Waals surface area (Å²) in [5.74, 6) is 1.43. The maximum absolute atomic E-state index is 11.2. The maximum atomic E-state index is 11.2. The van der Waals surface area contributed by atoms with Crippen LogP contribution in [0.2, 0.25) is 0 Å². The zero-order valence-electron chi connectivity index (χ0n) is 14.5. The van der Waals surface area contributed by atoms with Crippen molar-refractivity contribution in [1.29, 1.82) is 5.26 Å². The summed E-state index contributed by atoms with van der Waals surface area (Å²) in [6, 6.07) is 5.63. The van der Waals surface area contributed by atoms with E-state index in [1.807, 2.05) is 45.5 Å². The summed E-state index contributed by atoms with van der Waals surface area (Å²) < 4.78 is 5.08. The molecule has 25 heavy (non-hydrogen) atoms. The van der Waals surface area contributed by atoms with Crippen LogP contribution < -0.4 is 25.5 Å². The third kappa shape index (κ3) is 5.13. The Morgan fingerprint density at radius 3 is 2.36 bits per heavy atom. The van der Waals surface area contributed by atoms with Crippen LogP contribution in [-0.2, 0) is 0 Å². The first kappa shape index (κ1) is 19.8. The molecule has 0 atom stereocenters. The normalized spacial score (nSPS) is 9.36. The number of aromatic nitrogens is 1. The highest BCUT2D eigenvalue weighted by Gasteiger charge is 2.24. The number of nitrogens with zero attached hydrogens (tertiary/aromatic N) is 3. The van der Waals surface area contributed by atoms with Crippen molar-refractivity contribution in [3.63, 3.8) is 0 Å². The molecular weight excluding hydrogens is 320 g/mol. The van der Waals surface area contributed by atoms with Crippen LogP contribution >= 0.6 is 0 Å². The lowest BCUT2D eigenvalue weighted by molar-refractivity contribution is -0.377. The third-order valence-corrected chi connectivity index (χ3v) is 3.30. The van der Waals surface area contributed by atoms with Gasteiger partial charge in [0, 0.05) is 31.9 Å². The molecule has 0 radical (unpaired) electrons. The number of hydrogen-bond donors (Lipinski definition) is 0. The summed E-state index contributed by atoms with van der Waals surface area (Å²) in [4.78, 5) is 27.3. The van der Waals surface area contributed by atoms with Crippen LogP contribution in [0.3, 0.4) is 0 Å². The Bertz CT molecular complexity index is 853. The highest BCUT2D eigenvalue weighted by molar-refractivity contribution is 6.00. The molecule has 1 aromatic carbocycles. The zero-order valence-corrected chi connectivity index (χ0v) is 14.5. The van der Waals surface area contributed by atoms with Crippen molar-refractivity contribution in [1.82, 2.24) is 0 Å². The van der Waals surface area contributed by atoms with E-state index in [2.05, 4.69) is 9.88 Å². The molecule has 1 heterocycles. The van der Waals surface area contributed by atoms with Crippen molar-refractivity contribution in [2.75, 3.05) is 25.6 Å². The van der Waals surface area contributed by atoms with Gasteiger partial charge in [-0.15, -0.1) is 0 Å². The maximum Gasteiger partial charge on any atom is 0.269 e. The van der Waals surface area contributed by atoms with Crippen LogP contribution in [0.1, 0.15) is 25.3 Å². The van der Waals surface area contributed by atoms with Crippen LogP contribution in [0.25, 0.3) is 11.0 Å². The summed E-state index contributed by atoms with van der Waals surface area (Å²) in [6.07, 6.45) is 5.45. The van der Waals surface area contributed by atoms with Gasteiger partial charge in [-0.05, 0) is 6.42 Å². The summed E-state index contributed by atoms with van der Waals surface area (Å²) in [7, 11) is 4.05. The van der Waals surface area contributed by atoms with Crippen molar-refractivity contribution in [2.24, 2.45) is 0 Å². The fraction of sp³-hybridized carbons (Fsp3) is 0.333. The Balaban J connectivity index is 0.000000293. The smallest absolute Gasteiger partial charge is 0.269 e. The van der Waals surface area contributed by atoms with Crippen LogP contribution in [0.4, 0.5) is 5.69 Å². The molecule has 0 fully saturated rings. The van der Waals surface area contributed by atoms with Crippen LogP contribution in [-0.4, -0.2) is 26.6 Å². The predicted molar refractivity (Wildman–Crippen MR) is 96.5 cm³/mol. The van der Waals surface area contributed by atoms with Crippen molar-refractivity contribution in [3.05, 3.63) is 55.9 Å². The number of hydrogen-bond acceptors (Lipinski definition) is 5. The largest absolute Gasteiger partial charge is 0.762 e. The highest BCUT2D eigenvalue weighted by Crippen LogP contribution is 2.18. The number of nitriles is 1. The second-order valence-corrected chi connectivity index (χ2v) is 5.32. The van der Waals surface area contributed by atoms with Crippen LogP contribution in [0, 0.1) is 11.3 Å². The molecule has 0 aliphatic heterocycles. The molecule has 0 spiro atoms. The van der Waals surface area contributed by atoms with Crippen molar-refractivity contribution in [2.45, 2.75) is 19.8 Å². The van der Waals surface area contributed by atoms with Gasteiger partial charge in [-0.25, -0.2) is 10.9 Å². The van der Waals surface area contributed by atoms with E-state index >= 15 is 0 Å². The molecule has 0 aliphatic carbocycles. The van der Waals surface area contributed by atoms with Gasteiger partial charge in [0.1, 0.15) is 6.07 Å². The van der Waals surface area contributed by atoms with Gasteiger partial charge >= 0.3 is 0 Å². The topological polar surface area (TPSA) is 107 Å². The first-order valence-electron chi connectivity index (χ1n) is 7.74. The molecule has 130 valence electrons. The predicted octanol–water partition coefficient (Wildman–Crippen LogP) is 1.17. The second kappa shape index (κ2) is 9.81. The first-order valence-corrected chi connectivity index (χ1v) is 7.74. The quantitative estimate of drug-likeness (QED) is 0.339. The molecule has 0 bridgehead atoms. The Morgan fingerprint density at radius 2 is 1.92 bits per heavy atom. The molecule has 0 amide bonds. The van der Waals surface area contributed by atoms with Gasteiger partial charge in [0.2, 0.25) is 5.43 Å². The molecule has 7 heteroatoms. The van der Waals surface area contributed by atoms with Gasteiger partial charge in [0.25, 0.3) is 5.43 Å². The monoisotopic (exact) mass is 340 g/mol. The molecule has 0 saturated heterocycles. The molecular formula is C18H20N4O3. The van der Waals surface area contributed by atoms with E-state index < -0.39 is 10.9 Å².